The van der Waals surface area contributed by atoms with E-state index >= 15 is 0 Å². The molecule has 2 rings (SSSR count). The lowest BCUT2D eigenvalue weighted by Gasteiger charge is -2.04. The molecule has 2 aromatic rings. The molecule has 4 heteroatoms. The molecule has 0 aromatic heterocycles. The van der Waals surface area contributed by atoms with Gasteiger partial charge in [-0.2, -0.15) is 0 Å². The van der Waals surface area contributed by atoms with Crippen molar-refractivity contribution in [3.05, 3.63) is 65.5 Å². The van der Waals surface area contributed by atoms with Crippen LogP contribution in [0.25, 0.3) is 6.08 Å². The average Bonchev–Trinajstić information content (AvgIpc) is 2.46. The Kier molecular flexibility index (Phi) is 4.15. The van der Waals surface area contributed by atoms with Crippen LogP contribution < -0.4 is 4.74 Å². The normalized spacial score (nSPS) is 10.7. The molecule has 2 aromatic carbocycles. The van der Waals surface area contributed by atoms with Gasteiger partial charge in [0.15, 0.2) is 5.78 Å². The molecule has 0 amide bonds. The number of rotatable bonds is 4. The van der Waals surface area contributed by atoms with Crippen molar-refractivity contribution in [3.8, 4) is 11.5 Å². The summed E-state index contributed by atoms with van der Waals surface area (Å²) >= 11 is 0. The third-order valence-electron chi connectivity index (χ3n) is 2.79. The Morgan fingerprint density at radius 3 is 2.65 bits per heavy atom. The molecule has 0 radical (unpaired) electrons. The summed E-state index contributed by atoms with van der Waals surface area (Å²) in [4.78, 5) is 11.9. The second-order valence-electron chi connectivity index (χ2n) is 4.10. The first kappa shape index (κ1) is 13.8. The van der Waals surface area contributed by atoms with Crippen LogP contribution in [-0.2, 0) is 0 Å². The highest BCUT2D eigenvalue weighted by molar-refractivity contribution is 6.08. The zero-order valence-corrected chi connectivity index (χ0v) is 10.8. The summed E-state index contributed by atoms with van der Waals surface area (Å²) < 4.78 is 18.3. The first-order chi connectivity index (χ1) is 9.61. The number of ketones is 1. The Morgan fingerprint density at radius 1 is 1.25 bits per heavy atom. The Hall–Kier alpha value is -2.62. The van der Waals surface area contributed by atoms with Crippen molar-refractivity contribution in [2.24, 2.45) is 0 Å². The lowest BCUT2D eigenvalue weighted by Crippen LogP contribution is -1.95. The number of allylic oxidation sites excluding steroid dienone is 1. The summed E-state index contributed by atoms with van der Waals surface area (Å²) in [6.07, 6.45) is 2.60. The SMILES string of the molecule is COc1ccc(C(=O)C=Cc2ccccc2F)c(O)c1. The topological polar surface area (TPSA) is 46.5 Å². The smallest absolute Gasteiger partial charge is 0.189 e. The largest absolute Gasteiger partial charge is 0.507 e. The molecule has 0 atom stereocenters. The highest BCUT2D eigenvalue weighted by Crippen LogP contribution is 2.24. The van der Waals surface area contributed by atoms with Gasteiger partial charge in [0.2, 0.25) is 0 Å². The van der Waals surface area contributed by atoms with Crippen LogP contribution in [0.5, 0.6) is 11.5 Å². The average molecular weight is 272 g/mol. The zero-order valence-electron chi connectivity index (χ0n) is 10.8. The first-order valence-electron chi connectivity index (χ1n) is 5.96. The molecule has 0 aliphatic heterocycles. The number of hydrogen-bond donors (Lipinski definition) is 1. The van der Waals surface area contributed by atoms with Crippen LogP contribution in [0.2, 0.25) is 0 Å². The van der Waals surface area contributed by atoms with Crippen LogP contribution in [0.3, 0.4) is 0 Å². The predicted octanol–water partition coefficient (Wildman–Crippen LogP) is 3.44. The maximum absolute atomic E-state index is 13.4. The highest BCUT2D eigenvalue weighted by atomic mass is 19.1. The maximum atomic E-state index is 13.4. The van der Waals surface area contributed by atoms with Gasteiger partial charge in [-0.05, 0) is 30.4 Å². The minimum atomic E-state index is -0.409. The standard InChI is InChI=1S/C16H13FO3/c1-20-12-7-8-13(16(19)10-12)15(18)9-6-11-4-2-3-5-14(11)17/h2-10,19H,1H3. The van der Waals surface area contributed by atoms with Gasteiger partial charge in [0.25, 0.3) is 0 Å². The van der Waals surface area contributed by atoms with Gasteiger partial charge in [0, 0.05) is 11.6 Å². The van der Waals surface area contributed by atoms with Gasteiger partial charge in [-0.3, -0.25) is 4.79 Å². The summed E-state index contributed by atoms with van der Waals surface area (Å²) in [6.45, 7) is 0. The van der Waals surface area contributed by atoms with Crippen LogP contribution in [0.15, 0.2) is 48.5 Å². The molecule has 0 fully saturated rings. The molecule has 0 heterocycles. The van der Waals surface area contributed by atoms with Gasteiger partial charge in [0.05, 0.1) is 12.7 Å². The van der Waals surface area contributed by atoms with Gasteiger partial charge in [-0.15, -0.1) is 0 Å². The Balaban J connectivity index is 2.22. The van der Waals surface area contributed by atoms with Crippen LogP contribution >= 0.6 is 0 Å². The number of benzene rings is 2. The number of phenolic OH excluding ortho intramolecular Hbond substituents is 1. The van der Waals surface area contributed by atoms with Crippen molar-refractivity contribution in [2.45, 2.75) is 0 Å². The van der Waals surface area contributed by atoms with Crippen molar-refractivity contribution < 1.29 is 19.0 Å². The lowest BCUT2D eigenvalue weighted by molar-refractivity contribution is 0.104. The minimum absolute atomic E-state index is 0.137. The van der Waals surface area contributed by atoms with E-state index in [0.717, 1.165) is 0 Å². The van der Waals surface area contributed by atoms with E-state index in [4.69, 9.17) is 4.74 Å². The fraction of sp³-hybridized carbons (Fsp3) is 0.0625. The monoisotopic (exact) mass is 272 g/mol. The molecular weight excluding hydrogens is 259 g/mol. The molecule has 0 aliphatic rings. The molecule has 0 aliphatic carbocycles. The molecule has 0 saturated heterocycles. The minimum Gasteiger partial charge on any atom is -0.507 e. The summed E-state index contributed by atoms with van der Waals surface area (Å²) in [5.74, 6) is -0.534. The van der Waals surface area contributed by atoms with Crippen LogP contribution in [0.1, 0.15) is 15.9 Å². The molecule has 0 saturated carbocycles. The molecular formula is C16H13FO3. The van der Waals surface area contributed by atoms with E-state index in [0.29, 0.717) is 11.3 Å². The molecule has 0 bridgehead atoms. The molecule has 20 heavy (non-hydrogen) atoms. The van der Waals surface area contributed by atoms with Crippen molar-refractivity contribution >= 4 is 11.9 Å². The van der Waals surface area contributed by atoms with Crippen molar-refractivity contribution in [3.63, 3.8) is 0 Å². The molecule has 1 N–H and O–H groups in total. The van der Waals surface area contributed by atoms with E-state index in [-0.39, 0.29) is 11.3 Å². The number of hydrogen-bond acceptors (Lipinski definition) is 3. The van der Waals surface area contributed by atoms with Crippen molar-refractivity contribution in [2.75, 3.05) is 7.11 Å². The number of ether oxygens (including phenoxy) is 1. The van der Waals surface area contributed by atoms with E-state index in [2.05, 4.69) is 0 Å². The van der Waals surface area contributed by atoms with Gasteiger partial charge < -0.3 is 9.84 Å². The predicted molar refractivity (Wildman–Crippen MR) is 74.4 cm³/mol. The highest BCUT2D eigenvalue weighted by Gasteiger charge is 2.09. The first-order valence-corrected chi connectivity index (χ1v) is 5.96. The maximum Gasteiger partial charge on any atom is 0.189 e. The molecule has 0 spiro atoms. The number of halogens is 1. The number of methoxy groups -OCH3 is 1. The quantitative estimate of drug-likeness (QED) is 0.685. The van der Waals surface area contributed by atoms with Gasteiger partial charge in [-0.1, -0.05) is 18.2 Å². The summed E-state index contributed by atoms with van der Waals surface area (Å²) in [5.41, 5.74) is 0.451. The zero-order chi connectivity index (χ0) is 14.5. The Morgan fingerprint density at radius 2 is 2.00 bits per heavy atom. The van der Waals surface area contributed by atoms with Crippen LogP contribution in [0.4, 0.5) is 4.39 Å². The fourth-order valence-corrected chi connectivity index (χ4v) is 1.71. The van der Waals surface area contributed by atoms with Gasteiger partial charge >= 0.3 is 0 Å². The molecule has 3 nitrogen and oxygen atoms in total. The number of phenols is 1. The van der Waals surface area contributed by atoms with Gasteiger partial charge in [0.1, 0.15) is 17.3 Å². The Bertz CT molecular complexity index is 663. The summed E-state index contributed by atoms with van der Waals surface area (Å²) in [5, 5.41) is 9.74. The molecule has 102 valence electrons. The second kappa shape index (κ2) is 6.02. The Labute approximate surface area is 115 Å². The number of carbonyl (C=O) groups excluding carboxylic acids is 1. The summed E-state index contributed by atoms with van der Waals surface area (Å²) in [6, 6.07) is 10.5. The van der Waals surface area contributed by atoms with Crippen LogP contribution in [-0.4, -0.2) is 18.0 Å². The lowest BCUT2D eigenvalue weighted by atomic mass is 10.1. The van der Waals surface area contributed by atoms with Crippen molar-refractivity contribution in [1.29, 1.82) is 0 Å². The van der Waals surface area contributed by atoms with Crippen LogP contribution in [0, 0.1) is 5.82 Å². The number of carbonyl (C=O) groups is 1. The number of aromatic hydroxyl groups is 1. The second-order valence-corrected chi connectivity index (χ2v) is 4.10. The van der Waals surface area contributed by atoms with E-state index < -0.39 is 11.6 Å². The van der Waals surface area contributed by atoms with Crippen molar-refractivity contribution in [1.82, 2.24) is 0 Å². The fourth-order valence-electron chi connectivity index (χ4n) is 1.71. The third-order valence-corrected chi connectivity index (χ3v) is 2.79. The van der Waals surface area contributed by atoms with E-state index in [9.17, 15) is 14.3 Å². The van der Waals surface area contributed by atoms with E-state index in [1.807, 2.05) is 0 Å². The third kappa shape index (κ3) is 3.03. The summed E-state index contributed by atoms with van der Waals surface area (Å²) in [7, 11) is 1.47. The van der Waals surface area contributed by atoms with E-state index in [1.165, 1.54) is 37.5 Å². The molecule has 0 unspecified atom stereocenters. The van der Waals surface area contributed by atoms with E-state index in [1.54, 1.807) is 24.3 Å². The van der Waals surface area contributed by atoms with Gasteiger partial charge in [-0.25, -0.2) is 4.39 Å².